The van der Waals surface area contributed by atoms with E-state index >= 15 is 0 Å². The summed E-state index contributed by atoms with van der Waals surface area (Å²) in [5, 5.41) is 10.7. The van der Waals surface area contributed by atoms with Gasteiger partial charge in [-0.05, 0) is 25.8 Å². The van der Waals surface area contributed by atoms with Gasteiger partial charge in [0.25, 0.3) is 5.69 Å². The van der Waals surface area contributed by atoms with Crippen LogP contribution in [0.2, 0.25) is 0 Å². The maximum Gasteiger partial charge on any atom is 0.270 e. The van der Waals surface area contributed by atoms with E-state index in [1.54, 1.807) is 6.07 Å². The number of Topliss-reactive ketones (excluding diaryl/α,β-unsaturated/α-hetero) is 1. The van der Waals surface area contributed by atoms with Crippen molar-refractivity contribution in [1.82, 2.24) is 0 Å². The standard InChI is InChI=1S/C13H15NO4S/c1-9(15)12-7-10(14(16)17)4-5-13(12)19-8-11-3-2-6-18-11/h4-5,7,11H,2-3,6,8H2,1H3. The monoisotopic (exact) mass is 281 g/mol. The summed E-state index contributed by atoms with van der Waals surface area (Å²) >= 11 is 1.52. The maximum absolute atomic E-state index is 11.6. The van der Waals surface area contributed by atoms with Gasteiger partial charge in [-0.1, -0.05) is 0 Å². The lowest BCUT2D eigenvalue weighted by atomic mass is 10.1. The number of rotatable bonds is 5. The van der Waals surface area contributed by atoms with Crippen LogP contribution >= 0.6 is 11.8 Å². The molecule has 0 bridgehead atoms. The van der Waals surface area contributed by atoms with Gasteiger partial charge in [0.05, 0.1) is 11.0 Å². The highest BCUT2D eigenvalue weighted by Gasteiger charge is 2.18. The van der Waals surface area contributed by atoms with Crippen molar-refractivity contribution in [2.24, 2.45) is 0 Å². The number of hydrogen-bond donors (Lipinski definition) is 0. The second kappa shape index (κ2) is 6.16. The SMILES string of the molecule is CC(=O)c1cc([N+](=O)[O-])ccc1SCC1CCCO1. The first-order chi connectivity index (χ1) is 9.08. The van der Waals surface area contributed by atoms with E-state index in [1.165, 1.54) is 30.8 Å². The van der Waals surface area contributed by atoms with Crippen LogP contribution in [0, 0.1) is 10.1 Å². The first-order valence-corrected chi connectivity index (χ1v) is 7.10. The molecule has 1 aliphatic rings. The fraction of sp³-hybridized carbons (Fsp3) is 0.462. The first-order valence-electron chi connectivity index (χ1n) is 6.11. The molecule has 1 aromatic rings. The average Bonchev–Trinajstić information content (AvgIpc) is 2.89. The molecule has 2 rings (SSSR count). The Morgan fingerprint density at radius 1 is 1.58 bits per heavy atom. The molecule has 1 saturated heterocycles. The molecular weight excluding hydrogens is 266 g/mol. The molecule has 0 aromatic heterocycles. The Hall–Kier alpha value is -1.40. The second-order valence-electron chi connectivity index (χ2n) is 4.44. The second-order valence-corrected chi connectivity index (χ2v) is 5.50. The average molecular weight is 281 g/mol. The number of ketones is 1. The van der Waals surface area contributed by atoms with E-state index in [2.05, 4.69) is 0 Å². The van der Waals surface area contributed by atoms with Crippen LogP contribution in [0.4, 0.5) is 5.69 Å². The highest BCUT2D eigenvalue weighted by atomic mass is 32.2. The van der Waals surface area contributed by atoms with E-state index in [4.69, 9.17) is 4.74 Å². The van der Waals surface area contributed by atoms with Crippen LogP contribution < -0.4 is 0 Å². The molecule has 0 aliphatic carbocycles. The fourth-order valence-corrected chi connectivity index (χ4v) is 3.14. The highest BCUT2D eigenvalue weighted by molar-refractivity contribution is 7.99. The highest BCUT2D eigenvalue weighted by Crippen LogP contribution is 2.29. The Kier molecular flexibility index (Phi) is 4.55. The van der Waals surface area contributed by atoms with Crippen molar-refractivity contribution in [3.05, 3.63) is 33.9 Å². The van der Waals surface area contributed by atoms with Crippen molar-refractivity contribution in [2.45, 2.75) is 30.8 Å². The van der Waals surface area contributed by atoms with Gasteiger partial charge in [0.1, 0.15) is 0 Å². The van der Waals surface area contributed by atoms with Gasteiger partial charge in [-0.2, -0.15) is 0 Å². The van der Waals surface area contributed by atoms with E-state index in [0.29, 0.717) is 5.56 Å². The van der Waals surface area contributed by atoms with Gasteiger partial charge in [0, 0.05) is 35.0 Å². The van der Waals surface area contributed by atoms with E-state index in [-0.39, 0.29) is 17.6 Å². The fourth-order valence-electron chi connectivity index (χ4n) is 1.99. The van der Waals surface area contributed by atoms with Crippen LogP contribution in [0.15, 0.2) is 23.1 Å². The Bertz CT molecular complexity index is 497. The van der Waals surface area contributed by atoms with Crippen molar-refractivity contribution in [3.63, 3.8) is 0 Å². The maximum atomic E-state index is 11.6. The lowest BCUT2D eigenvalue weighted by Crippen LogP contribution is -2.08. The number of ether oxygens (including phenoxy) is 1. The van der Waals surface area contributed by atoms with Crippen molar-refractivity contribution in [1.29, 1.82) is 0 Å². The molecule has 5 nitrogen and oxygen atoms in total. The Balaban J connectivity index is 2.14. The molecule has 0 N–H and O–H groups in total. The van der Waals surface area contributed by atoms with Gasteiger partial charge in [-0.15, -0.1) is 11.8 Å². The van der Waals surface area contributed by atoms with Crippen LogP contribution in [0.1, 0.15) is 30.1 Å². The van der Waals surface area contributed by atoms with Gasteiger partial charge in [-0.3, -0.25) is 14.9 Å². The van der Waals surface area contributed by atoms with Crippen LogP contribution in [-0.2, 0) is 4.74 Å². The number of non-ortho nitro benzene ring substituents is 1. The number of benzene rings is 1. The third kappa shape index (κ3) is 3.54. The van der Waals surface area contributed by atoms with Crippen molar-refractivity contribution in [3.8, 4) is 0 Å². The summed E-state index contributed by atoms with van der Waals surface area (Å²) in [6, 6.07) is 4.43. The van der Waals surface area contributed by atoms with Crippen LogP contribution in [0.3, 0.4) is 0 Å². The summed E-state index contributed by atoms with van der Waals surface area (Å²) in [6.45, 7) is 2.22. The van der Waals surface area contributed by atoms with Gasteiger partial charge < -0.3 is 4.74 Å². The van der Waals surface area contributed by atoms with Crippen LogP contribution in [-0.4, -0.2) is 29.2 Å². The molecule has 1 atom stereocenters. The lowest BCUT2D eigenvalue weighted by Gasteiger charge is -2.10. The van der Waals surface area contributed by atoms with Crippen LogP contribution in [0.5, 0.6) is 0 Å². The Morgan fingerprint density at radius 2 is 2.37 bits per heavy atom. The molecule has 1 aromatic carbocycles. The van der Waals surface area contributed by atoms with E-state index < -0.39 is 4.92 Å². The number of nitrogens with zero attached hydrogens (tertiary/aromatic N) is 1. The molecule has 0 amide bonds. The lowest BCUT2D eigenvalue weighted by molar-refractivity contribution is -0.384. The van der Waals surface area contributed by atoms with E-state index in [1.807, 2.05) is 0 Å². The molecule has 6 heteroatoms. The Labute approximate surface area is 115 Å². The quantitative estimate of drug-likeness (QED) is 0.359. The molecule has 102 valence electrons. The smallest absolute Gasteiger partial charge is 0.270 e. The van der Waals surface area contributed by atoms with Crippen molar-refractivity contribution >= 4 is 23.2 Å². The normalized spacial score (nSPS) is 18.5. The van der Waals surface area contributed by atoms with E-state index in [9.17, 15) is 14.9 Å². The number of carbonyl (C=O) groups is 1. The minimum atomic E-state index is -0.485. The summed E-state index contributed by atoms with van der Waals surface area (Å²) in [5.74, 6) is 0.622. The number of carbonyl (C=O) groups excluding carboxylic acids is 1. The van der Waals surface area contributed by atoms with Crippen molar-refractivity contribution in [2.75, 3.05) is 12.4 Å². The third-order valence-electron chi connectivity index (χ3n) is 3.00. The zero-order chi connectivity index (χ0) is 13.8. The minimum Gasteiger partial charge on any atom is -0.377 e. The number of nitro benzene ring substituents is 1. The molecule has 1 fully saturated rings. The summed E-state index contributed by atoms with van der Waals surface area (Å²) in [6.07, 6.45) is 2.33. The largest absolute Gasteiger partial charge is 0.377 e. The van der Waals surface area contributed by atoms with Gasteiger partial charge in [0.15, 0.2) is 5.78 Å². The molecular formula is C13H15NO4S. The predicted octanol–water partition coefficient (Wildman–Crippen LogP) is 3.07. The molecule has 0 spiro atoms. The summed E-state index contributed by atoms with van der Waals surface area (Å²) in [7, 11) is 0. The van der Waals surface area contributed by atoms with Gasteiger partial charge in [0.2, 0.25) is 0 Å². The molecule has 1 unspecified atom stereocenters. The van der Waals surface area contributed by atoms with Gasteiger partial charge in [-0.25, -0.2) is 0 Å². The topological polar surface area (TPSA) is 69.4 Å². The van der Waals surface area contributed by atoms with E-state index in [0.717, 1.165) is 30.1 Å². The third-order valence-corrected chi connectivity index (χ3v) is 4.21. The van der Waals surface area contributed by atoms with Crippen LogP contribution in [0.25, 0.3) is 0 Å². The molecule has 0 saturated carbocycles. The zero-order valence-corrected chi connectivity index (χ0v) is 11.4. The predicted molar refractivity (Wildman–Crippen MR) is 72.8 cm³/mol. The number of hydrogen-bond acceptors (Lipinski definition) is 5. The van der Waals surface area contributed by atoms with Gasteiger partial charge >= 0.3 is 0 Å². The van der Waals surface area contributed by atoms with Crippen molar-refractivity contribution < 1.29 is 14.5 Å². The Morgan fingerprint density at radius 3 is 2.95 bits per heavy atom. The minimum absolute atomic E-state index is 0.0494. The summed E-state index contributed by atoms with van der Waals surface area (Å²) in [4.78, 5) is 22.6. The molecule has 19 heavy (non-hydrogen) atoms. The number of thioether (sulfide) groups is 1. The summed E-state index contributed by atoms with van der Waals surface area (Å²) < 4.78 is 5.52. The molecule has 1 heterocycles. The zero-order valence-electron chi connectivity index (χ0n) is 10.6. The molecule has 1 aliphatic heterocycles. The summed E-state index contributed by atoms with van der Waals surface area (Å²) in [5.41, 5.74) is 0.365. The molecule has 0 radical (unpaired) electrons. The number of nitro groups is 1. The first kappa shape index (κ1) is 14.0.